The van der Waals surface area contributed by atoms with Crippen LogP contribution >= 0.6 is 0 Å². The van der Waals surface area contributed by atoms with Gasteiger partial charge >= 0.3 is 0 Å². The van der Waals surface area contributed by atoms with Gasteiger partial charge in [0.25, 0.3) is 15.9 Å². The summed E-state index contributed by atoms with van der Waals surface area (Å²) < 4.78 is 27.8. The van der Waals surface area contributed by atoms with Gasteiger partial charge in [-0.1, -0.05) is 48.0 Å². The van der Waals surface area contributed by atoms with E-state index in [1.54, 1.807) is 48.5 Å². The van der Waals surface area contributed by atoms with Gasteiger partial charge in [0, 0.05) is 24.3 Å². The maximum Gasteiger partial charge on any atom is 0.261 e. The van der Waals surface area contributed by atoms with Crippen LogP contribution in [0.15, 0.2) is 77.7 Å². The van der Waals surface area contributed by atoms with Crippen LogP contribution in [-0.2, 0) is 23.1 Å². The largest absolute Gasteiger partial charge is 0.348 e. The van der Waals surface area contributed by atoms with E-state index in [1.807, 2.05) is 19.1 Å². The summed E-state index contributed by atoms with van der Waals surface area (Å²) in [6.07, 6.45) is 2.55. The third-order valence-electron chi connectivity index (χ3n) is 5.79. The minimum atomic E-state index is -3.73. The molecule has 4 rings (SSSR count). The van der Waals surface area contributed by atoms with Crippen molar-refractivity contribution < 1.29 is 13.2 Å². The van der Waals surface area contributed by atoms with E-state index >= 15 is 0 Å². The summed E-state index contributed by atoms with van der Waals surface area (Å²) >= 11 is 0. The third kappa shape index (κ3) is 6.21. The van der Waals surface area contributed by atoms with Crippen LogP contribution in [0.3, 0.4) is 0 Å². The Balaban J connectivity index is 1.35. The highest BCUT2D eigenvalue weighted by atomic mass is 32.2. The van der Waals surface area contributed by atoms with Gasteiger partial charge in [0.05, 0.1) is 4.90 Å². The Kier molecular flexibility index (Phi) is 7.11. The number of hydrogen-bond acceptors (Lipinski definition) is 4. The number of hydrogen-bond donors (Lipinski definition) is 2. The lowest BCUT2D eigenvalue weighted by Gasteiger charge is -2.14. The summed E-state index contributed by atoms with van der Waals surface area (Å²) in [7, 11) is -3.73. The van der Waals surface area contributed by atoms with E-state index in [0.717, 1.165) is 30.8 Å². The molecule has 33 heavy (non-hydrogen) atoms. The molecule has 172 valence electrons. The molecule has 3 aromatic carbocycles. The monoisotopic (exact) mass is 463 g/mol. The van der Waals surface area contributed by atoms with Crippen molar-refractivity contribution in [1.29, 1.82) is 0 Å². The Morgan fingerprint density at radius 1 is 0.909 bits per heavy atom. The van der Waals surface area contributed by atoms with Gasteiger partial charge in [0.1, 0.15) is 0 Å². The normalized spacial score (nSPS) is 14.2. The van der Waals surface area contributed by atoms with E-state index < -0.39 is 10.0 Å². The molecule has 1 fully saturated rings. The highest BCUT2D eigenvalue weighted by molar-refractivity contribution is 7.92. The number of carbonyl (C=O) groups excluding carboxylic acids is 1. The Labute approximate surface area is 195 Å². The smallest absolute Gasteiger partial charge is 0.261 e. The first-order valence-corrected chi connectivity index (χ1v) is 12.7. The minimum absolute atomic E-state index is 0.177. The molecule has 6 nitrogen and oxygen atoms in total. The van der Waals surface area contributed by atoms with Crippen molar-refractivity contribution in [3.63, 3.8) is 0 Å². The fourth-order valence-corrected chi connectivity index (χ4v) is 4.95. The van der Waals surface area contributed by atoms with Crippen molar-refractivity contribution >= 4 is 21.6 Å². The lowest BCUT2D eigenvalue weighted by molar-refractivity contribution is 0.0951. The summed E-state index contributed by atoms with van der Waals surface area (Å²) in [5.41, 5.74) is 4.01. The number of amides is 1. The van der Waals surface area contributed by atoms with E-state index in [-0.39, 0.29) is 10.8 Å². The van der Waals surface area contributed by atoms with Crippen LogP contribution in [0.4, 0.5) is 5.69 Å². The van der Waals surface area contributed by atoms with Gasteiger partial charge < -0.3 is 5.32 Å². The van der Waals surface area contributed by atoms with Gasteiger partial charge in [-0.3, -0.25) is 14.4 Å². The number of benzene rings is 3. The number of rotatable bonds is 8. The predicted octanol–water partition coefficient (Wildman–Crippen LogP) is 4.32. The zero-order valence-corrected chi connectivity index (χ0v) is 19.6. The van der Waals surface area contributed by atoms with Gasteiger partial charge in [-0.05, 0) is 74.3 Å². The SMILES string of the molecule is Cc1ccc(S(=O)(=O)Nc2cccc(C(=O)NCc3ccc(CN4CCCC4)cc3)c2)cc1. The number of likely N-dealkylation sites (tertiary alicyclic amines) is 1. The molecule has 0 spiro atoms. The van der Waals surface area contributed by atoms with Gasteiger partial charge in [0.15, 0.2) is 0 Å². The van der Waals surface area contributed by atoms with Gasteiger partial charge in [0.2, 0.25) is 0 Å². The molecule has 0 saturated carbocycles. The number of nitrogens with one attached hydrogen (secondary N) is 2. The number of anilines is 1. The third-order valence-corrected chi connectivity index (χ3v) is 7.19. The number of nitrogens with zero attached hydrogens (tertiary/aromatic N) is 1. The van der Waals surface area contributed by atoms with Crippen LogP contribution in [0.5, 0.6) is 0 Å². The van der Waals surface area contributed by atoms with E-state index in [9.17, 15) is 13.2 Å². The number of sulfonamides is 1. The van der Waals surface area contributed by atoms with Crippen molar-refractivity contribution in [3.8, 4) is 0 Å². The summed E-state index contributed by atoms with van der Waals surface area (Å²) in [5.74, 6) is -0.257. The molecule has 1 saturated heterocycles. The second kappa shape index (κ2) is 10.2. The second-order valence-electron chi connectivity index (χ2n) is 8.48. The Hall–Kier alpha value is -3.16. The molecule has 1 amide bonds. The Bertz CT molecular complexity index is 1200. The average molecular weight is 464 g/mol. The first-order chi connectivity index (χ1) is 15.9. The molecule has 1 aliphatic heterocycles. The lowest BCUT2D eigenvalue weighted by Crippen LogP contribution is -2.23. The predicted molar refractivity (Wildman–Crippen MR) is 131 cm³/mol. The Morgan fingerprint density at radius 2 is 1.58 bits per heavy atom. The molecule has 7 heteroatoms. The summed E-state index contributed by atoms with van der Waals surface area (Å²) in [6, 6.07) is 21.4. The van der Waals surface area contributed by atoms with Gasteiger partial charge in [-0.15, -0.1) is 0 Å². The molecular formula is C26H29N3O3S. The molecule has 1 heterocycles. The van der Waals surface area contributed by atoms with E-state index in [2.05, 4.69) is 27.1 Å². The summed E-state index contributed by atoms with van der Waals surface area (Å²) in [5, 5.41) is 2.91. The van der Waals surface area contributed by atoms with Crippen molar-refractivity contribution in [2.75, 3.05) is 17.8 Å². The fraction of sp³-hybridized carbons (Fsp3) is 0.269. The van der Waals surface area contributed by atoms with Crippen LogP contribution < -0.4 is 10.0 Å². The maximum absolute atomic E-state index is 12.6. The summed E-state index contributed by atoms with van der Waals surface area (Å²) in [6.45, 7) is 5.60. The molecule has 2 N–H and O–H groups in total. The van der Waals surface area contributed by atoms with Crippen molar-refractivity contribution in [3.05, 3.63) is 95.1 Å². The zero-order chi connectivity index (χ0) is 23.3. The lowest BCUT2D eigenvalue weighted by atomic mass is 10.1. The quantitative estimate of drug-likeness (QED) is 0.521. The molecule has 0 radical (unpaired) electrons. The van der Waals surface area contributed by atoms with Crippen molar-refractivity contribution in [1.82, 2.24) is 10.2 Å². The van der Waals surface area contributed by atoms with E-state index in [0.29, 0.717) is 17.8 Å². The summed E-state index contributed by atoms with van der Waals surface area (Å²) in [4.78, 5) is 15.3. The minimum Gasteiger partial charge on any atom is -0.348 e. The van der Waals surface area contributed by atoms with Crippen LogP contribution in [0, 0.1) is 6.92 Å². The zero-order valence-electron chi connectivity index (χ0n) is 18.8. The molecule has 3 aromatic rings. The highest BCUT2D eigenvalue weighted by Gasteiger charge is 2.15. The van der Waals surface area contributed by atoms with Crippen LogP contribution in [0.2, 0.25) is 0 Å². The molecule has 0 aromatic heterocycles. The topological polar surface area (TPSA) is 78.5 Å². The number of carbonyl (C=O) groups is 1. The van der Waals surface area contributed by atoms with Crippen LogP contribution in [-0.4, -0.2) is 32.3 Å². The van der Waals surface area contributed by atoms with Gasteiger partial charge in [-0.2, -0.15) is 0 Å². The van der Waals surface area contributed by atoms with E-state index in [1.165, 1.54) is 18.4 Å². The first kappa shape index (κ1) is 23.0. The Morgan fingerprint density at radius 3 is 2.27 bits per heavy atom. The highest BCUT2D eigenvalue weighted by Crippen LogP contribution is 2.18. The number of aryl methyl sites for hydroxylation is 1. The van der Waals surface area contributed by atoms with Crippen molar-refractivity contribution in [2.24, 2.45) is 0 Å². The molecule has 0 atom stereocenters. The van der Waals surface area contributed by atoms with Gasteiger partial charge in [-0.25, -0.2) is 8.42 Å². The molecule has 1 aliphatic rings. The molecule has 0 unspecified atom stereocenters. The molecule has 0 bridgehead atoms. The second-order valence-corrected chi connectivity index (χ2v) is 10.2. The molecule has 0 aliphatic carbocycles. The molecular weight excluding hydrogens is 434 g/mol. The van der Waals surface area contributed by atoms with Crippen LogP contribution in [0.25, 0.3) is 0 Å². The first-order valence-electron chi connectivity index (χ1n) is 11.2. The standard InChI is InChI=1S/C26H29N3O3S/c1-20-7-13-25(14-8-20)33(31,32)28-24-6-4-5-23(17-24)26(30)27-18-21-9-11-22(12-10-21)19-29-15-2-3-16-29/h4-14,17,28H,2-3,15-16,18-19H2,1H3,(H,27,30). The average Bonchev–Trinajstić information content (AvgIpc) is 3.32. The fourth-order valence-electron chi connectivity index (χ4n) is 3.90. The van der Waals surface area contributed by atoms with E-state index in [4.69, 9.17) is 0 Å². The van der Waals surface area contributed by atoms with Crippen LogP contribution in [0.1, 0.15) is 39.9 Å². The maximum atomic E-state index is 12.6. The van der Waals surface area contributed by atoms with Crippen molar-refractivity contribution in [2.45, 2.75) is 37.8 Å².